The van der Waals surface area contributed by atoms with Gasteiger partial charge in [0.2, 0.25) is 0 Å². The zero-order valence-corrected chi connectivity index (χ0v) is 12.4. The Morgan fingerprint density at radius 1 is 0.941 bits per heavy atom. The number of hydrogen-bond acceptors (Lipinski definition) is 4. The molecule has 0 saturated carbocycles. The topological polar surface area (TPSA) is 24.9 Å². The van der Waals surface area contributed by atoms with Gasteiger partial charge in [0, 0.05) is 32.3 Å². The molecular weight excluding hydrogens is 216 g/mol. The number of hydrogen-bond donors (Lipinski definition) is 0. The van der Waals surface area contributed by atoms with Gasteiger partial charge < -0.3 is 14.4 Å². The van der Waals surface area contributed by atoms with E-state index < -0.39 is 0 Å². The largest absolute Gasteiger partial charge is 0.383 e. The Labute approximate surface area is 107 Å². The van der Waals surface area contributed by atoms with Crippen LogP contribution in [0.15, 0.2) is 0 Å². The molecule has 104 valence electrons. The lowest BCUT2D eigenvalue weighted by Gasteiger charge is -2.27. The van der Waals surface area contributed by atoms with Crippen molar-refractivity contribution in [2.45, 2.75) is 39.8 Å². The predicted octanol–water partition coefficient (Wildman–Crippen LogP) is 1.66. The van der Waals surface area contributed by atoms with Gasteiger partial charge in [0.05, 0.1) is 19.9 Å². The summed E-state index contributed by atoms with van der Waals surface area (Å²) in [7, 11) is 3.86. The molecule has 0 aromatic rings. The van der Waals surface area contributed by atoms with Gasteiger partial charge in [-0.3, -0.25) is 4.90 Å². The van der Waals surface area contributed by atoms with Crippen LogP contribution in [0.2, 0.25) is 0 Å². The molecule has 17 heavy (non-hydrogen) atoms. The van der Waals surface area contributed by atoms with Gasteiger partial charge in [0.25, 0.3) is 0 Å². The Morgan fingerprint density at radius 2 is 1.59 bits per heavy atom. The van der Waals surface area contributed by atoms with Gasteiger partial charge in [0.1, 0.15) is 0 Å². The van der Waals surface area contributed by atoms with Crippen LogP contribution in [0.1, 0.15) is 27.7 Å². The monoisotopic (exact) mass is 246 g/mol. The summed E-state index contributed by atoms with van der Waals surface area (Å²) in [5, 5.41) is 0. The van der Waals surface area contributed by atoms with E-state index in [0.29, 0.717) is 18.8 Å². The summed E-state index contributed by atoms with van der Waals surface area (Å²) in [6.07, 6.45) is 0. The summed E-state index contributed by atoms with van der Waals surface area (Å²) in [4.78, 5) is 4.56. The molecule has 0 aromatic carbocycles. The number of nitrogens with zero attached hydrogens (tertiary/aromatic N) is 2. The van der Waals surface area contributed by atoms with E-state index >= 15 is 0 Å². The first-order chi connectivity index (χ1) is 7.99. The molecule has 0 aliphatic rings. The zero-order valence-electron chi connectivity index (χ0n) is 12.4. The summed E-state index contributed by atoms with van der Waals surface area (Å²) in [5.41, 5.74) is 0. The zero-order chi connectivity index (χ0) is 13.3. The predicted molar refractivity (Wildman–Crippen MR) is 72.3 cm³/mol. The molecule has 4 heteroatoms. The fourth-order valence-electron chi connectivity index (χ4n) is 1.33. The number of likely N-dealkylation sites (N-methyl/N-ethyl adjacent to an activating group) is 1. The molecule has 0 saturated heterocycles. The fraction of sp³-hybridized carbons (Fsp3) is 1.00. The second-order valence-electron chi connectivity index (χ2n) is 5.01. The molecule has 0 fully saturated rings. The van der Waals surface area contributed by atoms with Gasteiger partial charge in [-0.15, -0.1) is 0 Å². The van der Waals surface area contributed by atoms with E-state index in [9.17, 15) is 0 Å². The van der Waals surface area contributed by atoms with Gasteiger partial charge in [-0.05, 0) is 34.7 Å². The van der Waals surface area contributed by atoms with Crippen molar-refractivity contribution in [2.24, 2.45) is 0 Å². The molecular formula is C13H30N2O2. The minimum absolute atomic E-state index is 0.493. The second kappa shape index (κ2) is 9.83. The van der Waals surface area contributed by atoms with E-state index in [2.05, 4.69) is 44.5 Å². The third kappa shape index (κ3) is 8.55. The van der Waals surface area contributed by atoms with Gasteiger partial charge in [-0.2, -0.15) is 0 Å². The summed E-state index contributed by atoms with van der Waals surface area (Å²) < 4.78 is 10.8. The highest BCUT2D eigenvalue weighted by Crippen LogP contribution is 1.99. The van der Waals surface area contributed by atoms with Gasteiger partial charge in [-0.1, -0.05) is 0 Å². The molecule has 0 unspecified atom stereocenters. The van der Waals surface area contributed by atoms with Gasteiger partial charge in [0.15, 0.2) is 0 Å². The van der Waals surface area contributed by atoms with Crippen LogP contribution in [-0.2, 0) is 9.47 Å². The van der Waals surface area contributed by atoms with Crippen LogP contribution in [-0.4, -0.2) is 69.1 Å². The molecule has 0 atom stereocenters. The van der Waals surface area contributed by atoms with Crippen molar-refractivity contribution in [1.82, 2.24) is 9.80 Å². The minimum atomic E-state index is 0.493. The molecule has 0 aromatic heterocycles. The van der Waals surface area contributed by atoms with Crippen LogP contribution < -0.4 is 0 Å². The summed E-state index contributed by atoms with van der Waals surface area (Å²) >= 11 is 0. The van der Waals surface area contributed by atoms with Crippen LogP contribution in [0, 0.1) is 0 Å². The number of ether oxygens (including phenoxy) is 2. The lowest BCUT2D eigenvalue weighted by molar-refractivity contribution is -0.00714. The molecule has 0 N–H and O–H groups in total. The van der Waals surface area contributed by atoms with Crippen LogP contribution in [0.3, 0.4) is 0 Å². The SMILES string of the molecule is COCCN(COCCN(C)C(C)C)C(C)C. The average molecular weight is 246 g/mol. The molecule has 4 nitrogen and oxygen atoms in total. The molecule has 0 aliphatic carbocycles. The maximum atomic E-state index is 5.70. The Hall–Kier alpha value is -0.160. The van der Waals surface area contributed by atoms with Gasteiger partial charge >= 0.3 is 0 Å². The lowest BCUT2D eigenvalue weighted by Crippen LogP contribution is -2.37. The maximum absolute atomic E-state index is 5.70. The normalized spacial score (nSPS) is 12.4. The van der Waals surface area contributed by atoms with Gasteiger partial charge in [-0.25, -0.2) is 0 Å². The molecule has 0 radical (unpaired) electrons. The first kappa shape index (κ1) is 16.8. The third-order valence-electron chi connectivity index (χ3n) is 3.04. The molecule has 0 bridgehead atoms. The summed E-state index contributed by atoms with van der Waals surface area (Å²) in [5.74, 6) is 0. The van der Waals surface area contributed by atoms with Crippen molar-refractivity contribution in [1.29, 1.82) is 0 Å². The molecule has 0 spiro atoms. The van der Waals surface area contributed by atoms with E-state index in [1.165, 1.54) is 0 Å². The quantitative estimate of drug-likeness (QED) is 0.432. The van der Waals surface area contributed by atoms with Crippen LogP contribution in [0.5, 0.6) is 0 Å². The van der Waals surface area contributed by atoms with Crippen molar-refractivity contribution in [3.05, 3.63) is 0 Å². The van der Waals surface area contributed by atoms with Crippen molar-refractivity contribution >= 4 is 0 Å². The molecule has 0 heterocycles. The summed E-state index contributed by atoms with van der Waals surface area (Å²) in [6, 6.07) is 1.07. The van der Waals surface area contributed by atoms with E-state index in [-0.39, 0.29) is 0 Å². The minimum Gasteiger partial charge on any atom is -0.383 e. The first-order valence-electron chi connectivity index (χ1n) is 6.50. The van der Waals surface area contributed by atoms with Crippen molar-refractivity contribution in [3.63, 3.8) is 0 Å². The summed E-state index contributed by atoms with van der Waals surface area (Å²) in [6.45, 7) is 12.9. The highest BCUT2D eigenvalue weighted by atomic mass is 16.5. The van der Waals surface area contributed by atoms with Crippen molar-refractivity contribution in [2.75, 3.05) is 47.2 Å². The van der Waals surface area contributed by atoms with Crippen LogP contribution in [0.4, 0.5) is 0 Å². The second-order valence-corrected chi connectivity index (χ2v) is 5.01. The van der Waals surface area contributed by atoms with E-state index in [1.807, 2.05) is 0 Å². The highest BCUT2D eigenvalue weighted by Gasteiger charge is 2.09. The van der Waals surface area contributed by atoms with E-state index in [1.54, 1.807) is 7.11 Å². The Balaban J connectivity index is 3.67. The Bertz CT molecular complexity index is 175. The fourth-order valence-corrected chi connectivity index (χ4v) is 1.33. The Kier molecular flexibility index (Phi) is 9.74. The molecule has 0 amide bonds. The highest BCUT2D eigenvalue weighted by molar-refractivity contribution is 4.59. The Morgan fingerprint density at radius 3 is 2.06 bits per heavy atom. The average Bonchev–Trinajstić information content (AvgIpc) is 2.27. The van der Waals surface area contributed by atoms with Crippen LogP contribution in [0.25, 0.3) is 0 Å². The molecule has 0 rings (SSSR count). The maximum Gasteiger partial charge on any atom is 0.0993 e. The first-order valence-corrected chi connectivity index (χ1v) is 6.50. The van der Waals surface area contributed by atoms with E-state index in [0.717, 1.165) is 26.3 Å². The van der Waals surface area contributed by atoms with E-state index in [4.69, 9.17) is 9.47 Å². The van der Waals surface area contributed by atoms with Crippen molar-refractivity contribution in [3.8, 4) is 0 Å². The van der Waals surface area contributed by atoms with Crippen molar-refractivity contribution < 1.29 is 9.47 Å². The standard InChI is InChI=1S/C13H30N2O2/c1-12(2)14(5)7-10-17-11-15(13(3)4)8-9-16-6/h12-13H,7-11H2,1-6H3. The number of rotatable bonds is 10. The smallest absolute Gasteiger partial charge is 0.0993 e. The molecule has 0 aliphatic heterocycles. The number of methoxy groups -OCH3 is 1. The lowest BCUT2D eigenvalue weighted by atomic mass is 10.3. The van der Waals surface area contributed by atoms with Crippen LogP contribution >= 0.6 is 0 Å². The third-order valence-corrected chi connectivity index (χ3v) is 3.04.